The van der Waals surface area contributed by atoms with Crippen molar-refractivity contribution >= 4 is 12.1 Å². The van der Waals surface area contributed by atoms with Crippen LogP contribution >= 0.6 is 0 Å². The molecule has 0 aliphatic carbocycles. The van der Waals surface area contributed by atoms with Gasteiger partial charge < -0.3 is 10.1 Å². The summed E-state index contributed by atoms with van der Waals surface area (Å²) < 4.78 is 5.08. The van der Waals surface area contributed by atoms with E-state index in [2.05, 4.69) is 5.32 Å². The largest absolute Gasteiger partial charge is 0.444 e. The number of imide groups is 1. The average molecular weight is 234 g/mol. The Hall–Kier alpha value is -2.04. The number of ether oxygens (including phenoxy) is 1. The maximum absolute atomic E-state index is 11.7. The van der Waals surface area contributed by atoms with Gasteiger partial charge in [-0.2, -0.15) is 0 Å². The van der Waals surface area contributed by atoms with Crippen LogP contribution < -0.4 is 5.32 Å². The second kappa shape index (κ2) is 4.86. The van der Waals surface area contributed by atoms with Gasteiger partial charge in [0.25, 0.3) is 0 Å². The van der Waals surface area contributed by atoms with E-state index in [0.29, 0.717) is 6.54 Å². The number of nitrogens with one attached hydrogen (secondary N) is 1. The van der Waals surface area contributed by atoms with Crippen LogP contribution in [0, 0.1) is 0 Å². The van der Waals surface area contributed by atoms with E-state index in [1.807, 2.05) is 30.3 Å². The first kappa shape index (κ1) is 11.4. The van der Waals surface area contributed by atoms with Crippen LogP contribution in [-0.2, 0) is 11.3 Å². The number of carbonyl (C=O) groups is 2. The first-order valence-electron chi connectivity index (χ1n) is 5.46. The molecule has 1 aliphatic rings. The van der Waals surface area contributed by atoms with E-state index in [0.717, 1.165) is 10.5 Å². The van der Waals surface area contributed by atoms with Crippen molar-refractivity contribution in [3.8, 4) is 0 Å². The molecular formula is C12H14N2O3. The molecule has 1 atom stereocenters. The fourth-order valence-electron chi connectivity index (χ4n) is 1.66. The third-order valence-corrected chi connectivity index (χ3v) is 2.61. The van der Waals surface area contributed by atoms with Crippen molar-refractivity contribution in [2.45, 2.75) is 19.6 Å². The van der Waals surface area contributed by atoms with Crippen molar-refractivity contribution in [3.63, 3.8) is 0 Å². The Morgan fingerprint density at radius 1 is 1.47 bits per heavy atom. The highest BCUT2D eigenvalue weighted by Gasteiger charge is 2.33. The van der Waals surface area contributed by atoms with Gasteiger partial charge in [-0.3, -0.25) is 0 Å². The zero-order chi connectivity index (χ0) is 12.3. The molecule has 17 heavy (non-hydrogen) atoms. The maximum Gasteiger partial charge on any atom is 0.418 e. The van der Waals surface area contributed by atoms with Crippen molar-refractivity contribution in [1.82, 2.24) is 10.2 Å². The highest BCUT2D eigenvalue weighted by atomic mass is 16.6. The predicted octanol–water partition coefficient (Wildman–Crippen LogP) is 1.74. The highest BCUT2D eigenvalue weighted by molar-refractivity contribution is 5.92. The van der Waals surface area contributed by atoms with Crippen molar-refractivity contribution in [3.05, 3.63) is 35.9 Å². The molecule has 0 aromatic heterocycles. The van der Waals surface area contributed by atoms with Crippen LogP contribution in [0.25, 0.3) is 0 Å². The minimum Gasteiger partial charge on any atom is -0.444 e. The minimum atomic E-state index is -0.601. The molecule has 1 aromatic rings. The van der Waals surface area contributed by atoms with Gasteiger partial charge in [0.15, 0.2) is 0 Å². The standard InChI is InChI=1S/C12H14N2O3/c1-9-7-13-11(15)14(9)12(16)17-8-10-5-3-2-4-6-10/h2-6,9H,7-8H2,1H3,(H,13,15)/t9-/m1/s1. The number of nitrogens with zero attached hydrogens (tertiary/aromatic N) is 1. The molecule has 2 rings (SSSR count). The Morgan fingerprint density at radius 3 is 2.76 bits per heavy atom. The smallest absolute Gasteiger partial charge is 0.418 e. The van der Waals surface area contributed by atoms with Crippen molar-refractivity contribution in [2.75, 3.05) is 6.54 Å². The zero-order valence-corrected chi connectivity index (χ0v) is 9.55. The summed E-state index contributed by atoms with van der Waals surface area (Å²) in [5, 5.41) is 2.58. The van der Waals surface area contributed by atoms with Gasteiger partial charge in [-0.1, -0.05) is 30.3 Å². The first-order chi connectivity index (χ1) is 8.18. The summed E-state index contributed by atoms with van der Waals surface area (Å²) >= 11 is 0. The van der Waals surface area contributed by atoms with Gasteiger partial charge in [0.2, 0.25) is 0 Å². The van der Waals surface area contributed by atoms with Gasteiger partial charge in [0.1, 0.15) is 6.61 Å². The Kier molecular flexibility index (Phi) is 3.27. The molecular weight excluding hydrogens is 220 g/mol. The summed E-state index contributed by atoms with van der Waals surface area (Å²) in [5.41, 5.74) is 0.896. The van der Waals surface area contributed by atoms with E-state index in [1.54, 1.807) is 6.92 Å². The Balaban J connectivity index is 1.91. The molecule has 5 heteroatoms. The van der Waals surface area contributed by atoms with Gasteiger partial charge in [0, 0.05) is 6.54 Å². The summed E-state index contributed by atoms with van der Waals surface area (Å²) in [6.07, 6.45) is -0.601. The lowest BCUT2D eigenvalue weighted by Gasteiger charge is -2.17. The lowest BCUT2D eigenvalue weighted by atomic mass is 10.2. The van der Waals surface area contributed by atoms with Gasteiger partial charge >= 0.3 is 12.1 Å². The molecule has 1 aromatic carbocycles. The maximum atomic E-state index is 11.7. The third-order valence-electron chi connectivity index (χ3n) is 2.61. The highest BCUT2D eigenvalue weighted by Crippen LogP contribution is 2.10. The van der Waals surface area contributed by atoms with Crippen LogP contribution in [0.4, 0.5) is 9.59 Å². The molecule has 5 nitrogen and oxygen atoms in total. The van der Waals surface area contributed by atoms with Gasteiger partial charge in [-0.25, -0.2) is 14.5 Å². The number of rotatable bonds is 2. The van der Waals surface area contributed by atoms with Crippen LogP contribution in [0.3, 0.4) is 0 Å². The number of urea groups is 1. The molecule has 1 aliphatic heterocycles. The number of hydrogen-bond acceptors (Lipinski definition) is 3. The van der Waals surface area contributed by atoms with Crippen molar-refractivity contribution < 1.29 is 14.3 Å². The van der Waals surface area contributed by atoms with E-state index in [4.69, 9.17) is 4.74 Å². The zero-order valence-electron chi connectivity index (χ0n) is 9.55. The molecule has 1 N–H and O–H groups in total. The molecule has 0 bridgehead atoms. The fourth-order valence-corrected chi connectivity index (χ4v) is 1.66. The van der Waals surface area contributed by atoms with Gasteiger partial charge in [-0.15, -0.1) is 0 Å². The van der Waals surface area contributed by atoms with Gasteiger partial charge in [0.05, 0.1) is 6.04 Å². The Labute approximate surface area is 99.4 Å². The molecule has 0 spiro atoms. The molecule has 0 saturated carbocycles. The molecule has 1 fully saturated rings. The number of carbonyl (C=O) groups excluding carboxylic acids is 2. The fraction of sp³-hybridized carbons (Fsp3) is 0.333. The summed E-state index contributed by atoms with van der Waals surface area (Å²) in [7, 11) is 0. The van der Waals surface area contributed by atoms with Crippen LogP contribution in [0.1, 0.15) is 12.5 Å². The van der Waals surface area contributed by atoms with Crippen molar-refractivity contribution in [2.24, 2.45) is 0 Å². The quantitative estimate of drug-likeness (QED) is 0.847. The number of benzene rings is 1. The monoisotopic (exact) mass is 234 g/mol. The topological polar surface area (TPSA) is 58.6 Å². The number of amides is 3. The molecule has 0 unspecified atom stereocenters. The average Bonchev–Trinajstić information content (AvgIpc) is 2.67. The van der Waals surface area contributed by atoms with Crippen LogP contribution in [0.15, 0.2) is 30.3 Å². The first-order valence-corrected chi connectivity index (χ1v) is 5.46. The van der Waals surface area contributed by atoms with E-state index in [1.165, 1.54) is 0 Å². The summed E-state index contributed by atoms with van der Waals surface area (Å²) in [6.45, 7) is 2.44. The summed E-state index contributed by atoms with van der Waals surface area (Å²) in [4.78, 5) is 24.1. The summed E-state index contributed by atoms with van der Waals surface area (Å²) in [5.74, 6) is 0. The van der Waals surface area contributed by atoms with Crippen LogP contribution in [0.2, 0.25) is 0 Å². The second-order valence-electron chi connectivity index (χ2n) is 3.95. The van der Waals surface area contributed by atoms with E-state index >= 15 is 0 Å². The molecule has 0 radical (unpaired) electrons. The lowest BCUT2D eigenvalue weighted by molar-refractivity contribution is 0.103. The van der Waals surface area contributed by atoms with Crippen molar-refractivity contribution in [1.29, 1.82) is 0 Å². The minimum absolute atomic E-state index is 0.161. The van der Waals surface area contributed by atoms with Crippen LogP contribution in [-0.4, -0.2) is 29.6 Å². The third kappa shape index (κ3) is 2.55. The predicted molar refractivity (Wildman–Crippen MR) is 61.3 cm³/mol. The van der Waals surface area contributed by atoms with Gasteiger partial charge in [-0.05, 0) is 12.5 Å². The van der Waals surface area contributed by atoms with E-state index in [-0.39, 0.29) is 12.6 Å². The summed E-state index contributed by atoms with van der Waals surface area (Å²) in [6, 6.07) is 8.80. The van der Waals surface area contributed by atoms with E-state index < -0.39 is 12.1 Å². The number of hydrogen-bond donors (Lipinski definition) is 1. The molecule has 1 heterocycles. The lowest BCUT2D eigenvalue weighted by Crippen LogP contribution is -2.38. The molecule has 1 saturated heterocycles. The molecule has 3 amide bonds. The Morgan fingerprint density at radius 2 is 2.18 bits per heavy atom. The normalized spacial score (nSPS) is 19.0. The van der Waals surface area contributed by atoms with E-state index in [9.17, 15) is 9.59 Å². The molecule has 90 valence electrons. The SMILES string of the molecule is C[C@@H]1CNC(=O)N1C(=O)OCc1ccccc1. The Bertz CT molecular complexity index is 419. The second-order valence-corrected chi connectivity index (χ2v) is 3.95. The van der Waals surface area contributed by atoms with Crippen LogP contribution in [0.5, 0.6) is 0 Å².